The van der Waals surface area contributed by atoms with Crippen LogP contribution in [0.4, 0.5) is 21.9 Å². The van der Waals surface area contributed by atoms with Crippen LogP contribution in [0.15, 0.2) is 42.5 Å². The molecular weight excluding hydrogens is 390 g/mol. The summed E-state index contributed by atoms with van der Waals surface area (Å²) >= 11 is 6.09. The number of halogens is 1. The third kappa shape index (κ3) is 4.82. The van der Waals surface area contributed by atoms with Gasteiger partial charge in [-0.2, -0.15) is 0 Å². The predicted molar refractivity (Wildman–Crippen MR) is 117 cm³/mol. The van der Waals surface area contributed by atoms with Crippen molar-refractivity contribution in [3.63, 3.8) is 0 Å². The fraction of sp³-hybridized carbons (Fsp3) is 0.364. The second-order valence-electron chi connectivity index (χ2n) is 8.22. The molecule has 7 heteroatoms. The van der Waals surface area contributed by atoms with Crippen molar-refractivity contribution in [3.8, 4) is 5.75 Å². The van der Waals surface area contributed by atoms with Crippen LogP contribution in [-0.2, 0) is 4.79 Å². The Morgan fingerprint density at radius 1 is 1.21 bits per heavy atom. The van der Waals surface area contributed by atoms with Gasteiger partial charge < -0.3 is 20.3 Å². The average Bonchev–Trinajstić information content (AvgIpc) is 2.74. The maximum Gasteiger partial charge on any atom is 0.323 e. The van der Waals surface area contributed by atoms with Gasteiger partial charge in [0.05, 0.1) is 21.8 Å². The van der Waals surface area contributed by atoms with E-state index >= 15 is 0 Å². The second kappa shape index (κ2) is 8.33. The van der Waals surface area contributed by atoms with Gasteiger partial charge in [0.2, 0.25) is 5.91 Å². The Bertz CT molecular complexity index is 927. The van der Waals surface area contributed by atoms with Crippen LogP contribution in [0.2, 0.25) is 5.02 Å². The van der Waals surface area contributed by atoms with Crippen molar-refractivity contribution in [3.05, 3.63) is 47.5 Å². The number of hydrogen-bond donors (Lipinski definition) is 2. The van der Waals surface area contributed by atoms with Gasteiger partial charge in [0.25, 0.3) is 0 Å². The number of rotatable bonds is 4. The van der Waals surface area contributed by atoms with Gasteiger partial charge in [-0.3, -0.25) is 4.79 Å². The van der Waals surface area contributed by atoms with E-state index in [1.165, 1.54) is 0 Å². The molecule has 0 aliphatic carbocycles. The molecule has 0 saturated heterocycles. The van der Waals surface area contributed by atoms with E-state index < -0.39 is 11.4 Å². The van der Waals surface area contributed by atoms with Crippen LogP contribution in [0.3, 0.4) is 0 Å². The minimum Gasteiger partial charge on any atom is -0.490 e. The van der Waals surface area contributed by atoms with Gasteiger partial charge in [-0.25, -0.2) is 4.79 Å². The number of benzene rings is 2. The SMILES string of the molecule is CC(C)CN1C(=O)C(C)(C)COc2ccc(NC(=O)Nc3ccccc3Cl)cc21. The lowest BCUT2D eigenvalue weighted by Gasteiger charge is -2.29. The van der Waals surface area contributed by atoms with Crippen LogP contribution in [0.25, 0.3) is 0 Å². The molecular formula is C22H26ClN3O3. The molecule has 0 bridgehead atoms. The molecule has 1 aliphatic rings. The fourth-order valence-electron chi connectivity index (χ4n) is 3.12. The first kappa shape index (κ1) is 21.0. The predicted octanol–water partition coefficient (Wildman–Crippen LogP) is 5.39. The number of anilines is 3. The highest BCUT2D eigenvalue weighted by Gasteiger charge is 2.38. The van der Waals surface area contributed by atoms with Crippen molar-refractivity contribution in [2.24, 2.45) is 11.3 Å². The van der Waals surface area contributed by atoms with Crippen molar-refractivity contribution >= 4 is 40.6 Å². The van der Waals surface area contributed by atoms with Gasteiger partial charge in [0, 0.05) is 12.2 Å². The van der Waals surface area contributed by atoms with Crippen molar-refractivity contribution in [1.29, 1.82) is 0 Å². The molecule has 2 aromatic rings. The number of nitrogens with one attached hydrogen (secondary N) is 2. The quantitative estimate of drug-likeness (QED) is 0.703. The van der Waals surface area contributed by atoms with Gasteiger partial charge in [-0.05, 0) is 50.1 Å². The fourth-order valence-corrected chi connectivity index (χ4v) is 3.30. The molecule has 0 atom stereocenters. The molecule has 3 amide bonds. The Hall–Kier alpha value is -2.73. The molecule has 0 radical (unpaired) electrons. The average molecular weight is 416 g/mol. The molecule has 0 saturated carbocycles. The van der Waals surface area contributed by atoms with E-state index in [-0.39, 0.29) is 11.8 Å². The first-order chi connectivity index (χ1) is 13.7. The minimum atomic E-state index is -0.636. The molecule has 0 fully saturated rings. The molecule has 2 aromatic carbocycles. The molecule has 154 valence electrons. The van der Waals surface area contributed by atoms with Crippen molar-refractivity contribution in [1.82, 2.24) is 0 Å². The Kier molecular flexibility index (Phi) is 6.03. The summed E-state index contributed by atoms with van der Waals surface area (Å²) in [7, 11) is 0. The summed E-state index contributed by atoms with van der Waals surface area (Å²) in [6.45, 7) is 8.74. The maximum atomic E-state index is 13.1. The number of para-hydroxylation sites is 1. The highest BCUT2D eigenvalue weighted by Crippen LogP contribution is 2.38. The number of amides is 3. The highest BCUT2D eigenvalue weighted by atomic mass is 35.5. The first-order valence-corrected chi connectivity index (χ1v) is 9.96. The third-order valence-corrected chi connectivity index (χ3v) is 4.92. The van der Waals surface area contributed by atoms with Crippen LogP contribution in [-0.4, -0.2) is 25.1 Å². The molecule has 29 heavy (non-hydrogen) atoms. The van der Waals surface area contributed by atoms with Crippen LogP contribution in [0, 0.1) is 11.3 Å². The number of urea groups is 1. The number of hydrogen-bond acceptors (Lipinski definition) is 3. The van der Waals surface area contributed by atoms with Crippen molar-refractivity contribution < 1.29 is 14.3 Å². The standard InChI is InChI=1S/C22H26ClN3O3/c1-14(2)12-26-18-11-15(9-10-19(18)29-13-22(3,4)20(26)27)24-21(28)25-17-8-6-5-7-16(17)23/h5-11,14H,12-13H2,1-4H3,(H2,24,25,28). The van der Waals surface area contributed by atoms with E-state index in [4.69, 9.17) is 16.3 Å². The summed E-state index contributed by atoms with van der Waals surface area (Å²) in [6, 6.07) is 11.9. The molecule has 1 heterocycles. The summed E-state index contributed by atoms with van der Waals surface area (Å²) in [4.78, 5) is 27.3. The second-order valence-corrected chi connectivity index (χ2v) is 8.63. The molecule has 3 rings (SSSR count). The third-order valence-electron chi connectivity index (χ3n) is 4.59. The molecule has 6 nitrogen and oxygen atoms in total. The van der Waals surface area contributed by atoms with Crippen LogP contribution in [0.1, 0.15) is 27.7 Å². The van der Waals surface area contributed by atoms with Gasteiger partial charge in [-0.1, -0.05) is 37.6 Å². The normalized spacial score (nSPS) is 15.4. The zero-order valence-electron chi connectivity index (χ0n) is 17.1. The van der Waals surface area contributed by atoms with E-state index in [2.05, 4.69) is 24.5 Å². The monoisotopic (exact) mass is 415 g/mol. The summed E-state index contributed by atoms with van der Waals surface area (Å²) < 4.78 is 5.91. The lowest BCUT2D eigenvalue weighted by atomic mass is 9.92. The van der Waals surface area contributed by atoms with E-state index in [9.17, 15) is 9.59 Å². The van der Waals surface area contributed by atoms with E-state index in [1.807, 2.05) is 13.8 Å². The van der Waals surface area contributed by atoms with Crippen molar-refractivity contribution in [2.45, 2.75) is 27.7 Å². The largest absolute Gasteiger partial charge is 0.490 e. The van der Waals surface area contributed by atoms with Crippen LogP contribution < -0.4 is 20.3 Å². The lowest BCUT2D eigenvalue weighted by Crippen LogP contribution is -2.43. The zero-order chi connectivity index (χ0) is 21.2. The zero-order valence-corrected chi connectivity index (χ0v) is 17.8. The van der Waals surface area contributed by atoms with Gasteiger partial charge in [0.1, 0.15) is 12.4 Å². The summed E-state index contributed by atoms with van der Waals surface area (Å²) in [6.07, 6.45) is 0. The number of carbonyl (C=O) groups is 2. The van der Waals surface area contributed by atoms with Crippen molar-refractivity contribution in [2.75, 3.05) is 28.7 Å². The highest BCUT2D eigenvalue weighted by molar-refractivity contribution is 6.33. The van der Waals surface area contributed by atoms with E-state index in [0.717, 1.165) is 0 Å². The van der Waals surface area contributed by atoms with E-state index in [0.29, 0.717) is 41.0 Å². The molecule has 0 spiro atoms. The molecule has 0 unspecified atom stereocenters. The lowest BCUT2D eigenvalue weighted by molar-refractivity contribution is -0.127. The Labute approximate surface area is 176 Å². The maximum absolute atomic E-state index is 13.1. The van der Waals surface area contributed by atoms with E-state index in [1.54, 1.807) is 47.4 Å². The topological polar surface area (TPSA) is 70.7 Å². The van der Waals surface area contributed by atoms with Crippen LogP contribution >= 0.6 is 11.6 Å². The Morgan fingerprint density at radius 3 is 2.62 bits per heavy atom. The van der Waals surface area contributed by atoms with Gasteiger partial charge >= 0.3 is 6.03 Å². The number of ether oxygens (including phenoxy) is 1. The van der Waals surface area contributed by atoms with Gasteiger partial charge in [0.15, 0.2) is 0 Å². The number of nitrogens with zero attached hydrogens (tertiary/aromatic N) is 1. The molecule has 1 aliphatic heterocycles. The van der Waals surface area contributed by atoms with Gasteiger partial charge in [-0.15, -0.1) is 0 Å². The number of fused-ring (bicyclic) bond motifs is 1. The minimum absolute atomic E-state index is 0.00242. The Morgan fingerprint density at radius 2 is 1.93 bits per heavy atom. The smallest absolute Gasteiger partial charge is 0.323 e. The first-order valence-electron chi connectivity index (χ1n) is 9.59. The summed E-state index contributed by atoms with van der Waals surface area (Å²) in [5, 5.41) is 5.97. The summed E-state index contributed by atoms with van der Waals surface area (Å²) in [5.41, 5.74) is 1.09. The summed E-state index contributed by atoms with van der Waals surface area (Å²) in [5.74, 6) is 0.907. The van der Waals surface area contributed by atoms with Crippen LogP contribution in [0.5, 0.6) is 5.75 Å². The molecule has 2 N–H and O–H groups in total. The Balaban J connectivity index is 1.86. The molecule has 0 aromatic heterocycles. The number of carbonyl (C=O) groups excluding carboxylic acids is 2.